The number of carbonyl (C=O) groups is 6. The Hall–Kier alpha value is -6.32. The predicted molar refractivity (Wildman–Crippen MR) is 197 cm³/mol. The summed E-state index contributed by atoms with van der Waals surface area (Å²) in [5.74, 6) is -4.36. The molecule has 1 N–H and O–H groups in total. The lowest BCUT2D eigenvalue weighted by molar-refractivity contribution is -0.234. The Balaban J connectivity index is 1.46. The highest BCUT2D eigenvalue weighted by atomic mass is 32.2. The first-order chi connectivity index (χ1) is 26.6. The summed E-state index contributed by atoms with van der Waals surface area (Å²) in [4.78, 5) is 79.8. The lowest BCUT2D eigenvalue weighted by Crippen LogP contribution is -2.66. The van der Waals surface area contributed by atoms with Crippen molar-refractivity contribution in [1.29, 1.82) is 0 Å². The van der Waals surface area contributed by atoms with Crippen molar-refractivity contribution in [2.45, 2.75) is 49.7 Å². The number of rotatable bonds is 10. The summed E-state index contributed by atoms with van der Waals surface area (Å²) in [6.45, 7) is 1.95. The van der Waals surface area contributed by atoms with Crippen molar-refractivity contribution in [3.05, 3.63) is 144 Å². The molecule has 55 heavy (non-hydrogen) atoms. The Morgan fingerprint density at radius 2 is 1.04 bits per heavy atom. The number of carbonyl (C=O) groups excluding carboxylic acids is 6. The molecule has 0 radical (unpaired) electrons. The standard InChI is InChI=1S/C40H35N3O11S/c1-24(44)41-40-42-43(25(2)45)35(55-40)34-33(54-39(49)29-21-13-6-14-22-29)32(53-38(48)28-19-11-5-12-20-28)31(52-37(47)27-17-9-4-10-18-27)30(51-34)23-50-36(46)26-15-7-3-8-16-26/h3-22,30-35H,23H2,1-2H3,(H,41,42,44)/t30-,31-,32+,33-,34-,35?/m1/s1. The third-order valence-corrected chi connectivity index (χ3v) is 9.49. The van der Waals surface area contributed by atoms with Gasteiger partial charge in [-0.1, -0.05) is 84.6 Å². The molecular formula is C40H35N3O11S. The number of nitrogens with one attached hydrogen (secondary N) is 1. The van der Waals surface area contributed by atoms with Crippen LogP contribution in [0.2, 0.25) is 0 Å². The number of hydrogen-bond acceptors (Lipinski definition) is 13. The highest BCUT2D eigenvalue weighted by molar-refractivity contribution is 8.14. The van der Waals surface area contributed by atoms with Gasteiger partial charge in [0.15, 0.2) is 23.5 Å². The smallest absolute Gasteiger partial charge is 0.338 e. The lowest BCUT2D eigenvalue weighted by Gasteiger charge is -2.46. The van der Waals surface area contributed by atoms with Crippen LogP contribution in [0.15, 0.2) is 126 Å². The highest BCUT2D eigenvalue weighted by Gasteiger charge is 2.57. The van der Waals surface area contributed by atoms with Crippen LogP contribution in [-0.4, -0.2) is 88.4 Å². The number of esters is 4. The fourth-order valence-electron chi connectivity index (χ4n) is 5.83. The van der Waals surface area contributed by atoms with Gasteiger partial charge in [-0.05, 0) is 48.5 Å². The molecule has 4 aromatic rings. The molecule has 15 heteroatoms. The normalized spacial score (nSPS) is 21.7. The fraction of sp³-hybridized carbons (Fsp3) is 0.225. The zero-order chi connectivity index (χ0) is 38.9. The van der Waals surface area contributed by atoms with Crippen molar-refractivity contribution >= 4 is 52.6 Å². The van der Waals surface area contributed by atoms with E-state index in [0.717, 1.165) is 16.8 Å². The largest absolute Gasteiger partial charge is 0.459 e. The van der Waals surface area contributed by atoms with E-state index in [1.807, 2.05) is 0 Å². The maximum absolute atomic E-state index is 13.9. The summed E-state index contributed by atoms with van der Waals surface area (Å²) in [6.07, 6.45) is -7.59. The number of thioether (sulfide) groups is 1. The molecule has 1 fully saturated rings. The summed E-state index contributed by atoms with van der Waals surface area (Å²) < 4.78 is 30.6. The van der Waals surface area contributed by atoms with Crippen molar-refractivity contribution in [1.82, 2.24) is 10.3 Å². The van der Waals surface area contributed by atoms with E-state index >= 15 is 0 Å². The summed E-state index contributed by atoms with van der Waals surface area (Å²) in [5.41, 5.74) is 0.606. The Bertz CT molecular complexity index is 2050. The molecule has 1 unspecified atom stereocenters. The number of ether oxygens (including phenoxy) is 5. The van der Waals surface area contributed by atoms with Gasteiger partial charge in [-0.2, -0.15) is 0 Å². The zero-order valence-electron chi connectivity index (χ0n) is 29.5. The van der Waals surface area contributed by atoms with Crippen LogP contribution in [-0.2, 0) is 33.3 Å². The van der Waals surface area contributed by atoms with E-state index in [-0.39, 0.29) is 27.4 Å². The first-order valence-corrected chi connectivity index (χ1v) is 18.0. The minimum absolute atomic E-state index is 0.0342. The number of amidine groups is 1. The average Bonchev–Trinajstić information content (AvgIpc) is 3.63. The van der Waals surface area contributed by atoms with E-state index in [0.29, 0.717) is 0 Å². The SMILES string of the molecule is CC(=O)NC1=NN(C(C)=O)C([C@@H]2O[C@H](COC(=O)c3ccccc3)[C@@H](OC(=O)c3ccccc3)[C@H](OC(=O)c3ccccc3)[C@H]2OC(=O)c2ccccc2)S1. The number of benzene rings is 4. The summed E-state index contributed by atoms with van der Waals surface area (Å²) in [7, 11) is 0. The third-order valence-electron chi connectivity index (χ3n) is 8.37. The van der Waals surface area contributed by atoms with Crippen LogP contribution < -0.4 is 5.32 Å². The van der Waals surface area contributed by atoms with Crippen LogP contribution in [0.25, 0.3) is 0 Å². The second-order valence-corrected chi connectivity index (χ2v) is 13.4. The second-order valence-electron chi connectivity index (χ2n) is 12.3. The molecule has 0 aliphatic carbocycles. The molecule has 2 aliphatic rings. The molecule has 6 rings (SSSR count). The Morgan fingerprint density at radius 1 is 0.618 bits per heavy atom. The molecule has 0 bridgehead atoms. The molecule has 4 aromatic carbocycles. The maximum Gasteiger partial charge on any atom is 0.338 e. The van der Waals surface area contributed by atoms with Crippen LogP contribution in [0.1, 0.15) is 55.3 Å². The zero-order valence-corrected chi connectivity index (χ0v) is 30.3. The molecule has 2 amide bonds. The van der Waals surface area contributed by atoms with Crippen molar-refractivity contribution in [2.75, 3.05) is 6.61 Å². The van der Waals surface area contributed by atoms with Gasteiger partial charge in [-0.15, -0.1) is 5.10 Å². The molecule has 0 aromatic heterocycles. The Kier molecular flexibility index (Phi) is 12.3. The number of hydrazone groups is 1. The number of hydrogen-bond donors (Lipinski definition) is 1. The van der Waals surface area contributed by atoms with Gasteiger partial charge in [-0.25, -0.2) is 24.2 Å². The first kappa shape index (κ1) is 38.4. The van der Waals surface area contributed by atoms with Crippen molar-refractivity contribution in [3.8, 4) is 0 Å². The van der Waals surface area contributed by atoms with E-state index in [4.69, 9.17) is 23.7 Å². The predicted octanol–water partition coefficient (Wildman–Crippen LogP) is 4.62. The average molecular weight is 766 g/mol. The van der Waals surface area contributed by atoms with Crippen molar-refractivity contribution in [3.63, 3.8) is 0 Å². The van der Waals surface area contributed by atoms with E-state index in [2.05, 4.69) is 10.4 Å². The van der Waals surface area contributed by atoms with Crippen molar-refractivity contribution in [2.24, 2.45) is 5.10 Å². The Labute approximate surface area is 319 Å². The van der Waals surface area contributed by atoms with Gasteiger partial charge in [0, 0.05) is 13.8 Å². The van der Waals surface area contributed by atoms with Gasteiger partial charge in [0.05, 0.1) is 22.3 Å². The van der Waals surface area contributed by atoms with Crippen molar-refractivity contribution < 1.29 is 52.5 Å². The van der Waals surface area contributed by atoms with Crippen LogP contribution in [0.4, 0.5) is 0 Å². The molecule has 0 saturated carbocycles. The minimum Gasteiger partial charge on any atom is -0.459 e. The van der Waals surface area contributed by atoms with Gasteiger partial charge in [0.25, 0.3) is 0 Å². The van der Waals surface area contributed by atoms with Crippen LogP contribution in [0.3, 0.4) is 0 Å². The van der Waals surface area contributed by atoms with E-state index < -0.39 is 78.2 Å². The molecule has 1 saturated heterocycles. The second kappa shape index (κ2) is 17.7. The lowest BCUT2D eigenvalue weighted by atomic mass is 9.93. The Morgan fingerprint density at radius 3 is 1.47 bits per heavy atom. The van der Waals surface area contributed by atoms with Gasteiger partial charge >= 0.3 is 23.9 Å². The van der Waals surface area contributed by atoms with Gasteiger partial charge in [0.1, 0.15) is 24.2 Å². The summed E-state index contributed by atoms with van der Waals surface area (Å²) in [6, 6.07) is 32.0. The quantitative estimate of drug-likeness (QED) is 0.176. The highest BCUT2D eigenvalue weighted by Crippen LogP contribution is 2.39. The number of nitrogens with zero attached hydrogens (tertiary/aromatic N) is 2. The molecule has 14 nitrogen and oxygen atoms in total. The van der Waals surface area contributed by atoms with Gasteiger partial charge in [-0.3, -0.25) is 9.59 Å². The first-order valence-electron chi connectivity index (χ1n) is 17.1. The van der Waals surface area contributed by atoms with Gasteiger partial charge in [0.2, 0.25) is 11.8 Å². The molecular weight excluding hydrogens is 731 g/mol. The topological polar surface area (TPSA) is 176 Å². The summed E-state index contributed by atoms with van der Waals surface area (Å²) >= 11 is 0.912. The maximum atomic E-state index is 13.9. The fourth-order valence-corrected chi connectivity index (χ4v) is 7.05. The number of amides is 2. The van der Waals surface area contributed by atoms with E-state index in [1.54, 1.807) is 84.9 Å². The van der Waals surface area contributed by atoms with E-state index in [1.165, 1.54) is 50.2 Å². The summed E-state index contributed by atoms with van der Waals surface area (Å²) in [5, 5.41) is 6.74. The van der Waals surface area contributed by atoms with Gasteiger partial charge < -0.3 is 29.0 Å². The van der Waals surface area contributed by atoms with Crippen LogP contribution in [0.5, 0.6) is 0 Å². The minimum atomic E-state index is -1.63. The molecule has 6 atom stereocenters. The molecule has 282 valence electrons. The third kappa shape index (κ3) is 9.44. The molecule has 0 spiro atoms. The van der Waals surface area contributed by atoms with Crippen LogP contribution in [0, 0.1) is 0 Å². The molecule has 2 heterocycles. The monoisotopic (exact) mass is 765 g/mol. The molecule has 2 aliphatic heterocycles. The van der Waals surface area contributed by atoms with Crippen LogP contribution >= 0.6 is 11.8 Å². The van der Waals surface area contributed by atoms with E-state index in [9.17, 15) is 28.8 Å².